The Labute approximate surface area is 215 Å². The molecule has 0 unspecified atom stereocenters. The first-order valence-electron chi connectivity index (χ1n) is 11.4. The van der Waals surface area contributed by atoms with E-state index < -0.39 is 42.3 Å². The SMILES string of the molecule is CNC(=O)[C@H](N[C@@H](CCc1ccc(C(F)(F)F)nc1)c1ccc(OC(F)F)c(OC)c1)c1ccc(F)cc1. The highest BCUT2D eigenvalue weighted by atomic mass is 19.4. The van der Waals surface area contributed by atoms with Gasteiger partial charge in [-0.25, -0.2) is 4.39 Å². The molecule has 0 aliphatic carbocycles. The molecular weight excluding hydrogens is 516 g/mol. The van der Waals surface area contributed by atoms with Gasteiger partial charge in [-0.15, -0.1) is 0 Å². The summed E-state index contributed by atoms with van der Waals surface area (Å²) in [4.78, 5) is 16.2. The normalized spacial score (nSPS) is 13.2. The number of aromatic nitrogens is 1. The number of alkyl halides is 5. The molecule has 3 aromatic rings. The van der Waals surface area contributed by atoms with E-state index in [0.717, 1.165) is 12.3 Å². The van der Waals surface area contributed by atoms with Crippen molar-refractivity contribution in [2.45, 2.75) is 37.7 Å². The van der Waals surface area contributed by atoms with E-state index >= 15 is 0 Å². The first-order valence-corrected chi connectivity index (χ1v) is 11.4. The van der Waals surface area contributed by atoms with Crippen LogP contribution < -0.4 is 20.1 Å². The number of hydrogen-bond donors (Lipinski definition) is 2. The number of methoxy groups -OCH3 is 1. The van der Waals surface area contributed by atoms with Gasteiger partial charge < -0.3 is 14.8 Å². The highest BCUT2D eigenvalue weighted by Crippen LogP contribution is 2.34. The summed E-state index contributed by atoms with van der Waals surface area (Å²) >= 11 is 0. The lowest BCUT2D eigenvalue weighted by molar-refractivity contribution is -0.141. The quantitative estimate of drug-likeness (QED) is 0.309. The number of ether oxygens (including phenoxy) is 2. The average Bonchev–Trinajstić information content (AvgIpc) is 2.89. The number of pyridine rings is 1. The second kappa shape index (κ2) is 12.6. The number of likely N-dealkylation sites (N-methyl/N-ethyl adjacent to an activating group) is 1. The molecule has 2 atom stereocenters. The smallest absolute Gasteiger partial charge is 0.433 e. The van der Waals surface area contributed by atoms with Gasteiger partial charge in [0, 0.05) is 19.3 Å². The number of nitrogens with one attached hydrogen (secondary N) is 2. The number of carbonyl (C=O) groups is 1. The fraction of sp³-hybridized carbons (Fsp3) is 0.308. The monoisotopic (exact) mass is 541 g/mol. The van der Waals surface area contributed by atoms with Crippen molar-refractivity contribution >= 4 is 5.91 Å². The fourth-order valence-electron chi connectivity index (χ4n) is 3.82. The molecule has 12 heteroatoms. The summed E-state index contributed by atoms with van der Waals surface area (Å²) in [6, 6.07) is 10.2. The molecule has 0 bridgehead atoms. The lowest BCUT2D eigenvalue weighted by atomic mass is 9.96. The highest BCUT2D eigenvalue weighted by molar-refractivity contribution is 5.83. The first kappa shape index (κ1) is 28.8. The predicted octanol–water partition coefficient (Wildman–Crippen LogP) is 5.60. The van der Waals surface area contributed by atoms with Crippen molar-refractivity contribution in [2.24, 2.45) is 0 Å². The summed E-state index contributed by atoms with van der Waals surface area (Å²) in [5.41, 5.74) is 0.467. The summed E-state index contributed by atoms with van der Waals surface area (Å²) in [6.45, 7) is -3.08. The van der Waals surface area contributed by atoms with Crippen molar-refractivity contribution < 1.29 is 40.6 Å². The minimum atomic E-state index is -4.57. The van der Waals surface area contributed by atoms with Gasteiger partial charge in [-0.1, -0.05) is 24.3 Å². The molecule has 2 N–H and O–H groups in total. The summed E-state index contributed by atoms with van der Waals surface area (Å²) in [5, 5.41) is 5.74. The van der Waals surface area contributed by atoms with Gasteiger partial charge in [-0.2, -0.15) is 22.0 Å². The van der Waals surface area contributed by atoms with E-state index in [1.807, 2.05) is 0 Å². The lowest BCUT2D eigenvalue weighted by Crippen LogP contribution is -2.38. The molecule has 0 aliphatic heterocycles. The van der Waals surface area contributed by atoms with Crippen LogP contribution in [0.5, 0.6) is 11.5 Å². The van der Waals surface area contributed by atoms with Crippen molar-refractivity contribution in [1.29, 1.82) is 0 Å². The molecule has 6 nitrogen and oxygen atoms in total. The van der Waals surface area contributed by atoms with E-state index in [9.17, 15) is 31.1 Å². The third-order valence-corrected chi connectivity index (χ3v) is 5.72. The Morgan fingerprint density at radius 3 is 2.24 bits per heavy atom. The van der Waals surface area contributed by atoms with Gasteiger partial charge in [0.05, 0.1) is 7.11 Å². The van der Waals surface area contributed by atoms with Crippen LogP contribution in [0.4, 0.5) is 26.3 Å². The summed E-state index contributed by atoms with van der Waals surface area (Å²) in [7, 11) is 2.71. The Morgan fingerprint density at radius 2 is 1.68 bits per heavy atom. The second-order valence-corrected chi connectivity index (χ2v) is 8.19. The molecule has 0 fully saturated rings. The molecule has 1 amide bonds. The molecular formula is C26H25F6N3O3. The minimum Gasteiger partial charge on any atom is -0.493 e. The van der Waals surface area contributed by atoms with Crippen LogP contribution in [-0.4, -0.2) is 31.7 Å². The van der Waals surface area contributed by atoms with Gasteiger partial charge in [0.2, 0.25) is 5.91 Å². The van der Waals surface area contributed by atoms with Gasteiger partial charge in [0.1, 0.15) is 17.6 Å². The van der Waals surface area contributed by atoms with Crippen LogP contribution in [0.3, 0.4) is 0 Å². The van der Waals surface area contributed by atoms with E-state index in [2.05, 4.69) is 20.4 Å². The Morgan fingerprint density at radius 1 is 1.00 bits per heavy atom. The van der Waals surface area contributed by atoms with Gasteiger partial charge in [0.25, 0.3) is 0 Å². The molecule has 1 heterocycles. The van der Waals surface area contributed by atoms with Crippen LogP contribution in [0.25, 0.3) is 0 Å². The fourth-order valence-corrected chi connectivity index (χ4v) is 3.82. The largest absolute Gasteiger partial charge is 0.493 e. The number of hydrogen-bond acceptors (Lipinski definition) is 5. The Bertz CT molecular complexity index is 1200. The third-order valence-electron chi connectivity index (χ3n) is 5.72. The topological polar surface area (TPSA) is 72.5 Å². The minimum absolute atomic E-state index is 0.0177. The molecule has 38 heavy (non-hydrogen) atoms. The van der Waals surface area contributed by atoms with Crippen LogP contribution in [0.1, 0.15) is 40.9 Å². The first-order chi connectivity index (χ1) is 18.0. The molecule has 1 aromatic heterocycles. The Kier molecular flexibility index (Phi) is 9.56. The summed E-state index contributed by atoms with van der Waals surface area (Å²) in [5.74, 6) is -1.10. The van der Waals surface area contributed by atoms with Gasteiger partial charge in [-0.05, 0) is 59.9 Å². The zero-order chi connectivity index (χ0) is 27.9. The van der Waals surface area contributed by atoms with E-state index in [1.54, 1.807) is 0 Å². The molecule has 0 spiro atoms. The third kappa shape index (κ3) is 7.60. The van der Waals surface area contributed by atoms with Crippen molar-refractivity contribution in [3.8, 4) is 11.5 Å². The maximum absolute atomic E-state index is 13.5. The van der Waals surface area contributed by atoms with Crippen LogP contribution >= 0.6 is 0 Å². The zero-order valence-corrected chi connectivity index (χ0v) is 20.4. The lowest BCUT2D eigenvalue weighted by Gasteiger charge is -2.26. The number of amides is 1. The maximum Gasteiger partial charge on any atom is 0.433 e. The van der Waals surface area contributed by atoms with Crippen molar-refractivity contribution in [1.82, 2.24) is 15.6 Å². The predicted molar refractivity (Wildman–Crippen MR) is 126 cm³/mol. The van der Waals surface area contributed by atoms with E-state index in [0.29, 0.717) is 16.7 Å². The number of rotatable bonds is 11. The second-order valence-electron chi connectivity index (χ2n) is 8.19. The number of benzene rings is 2. The Balaban J connectivity index is 1.94. The number of aryl methyl sites for hydroxylation is 1. The molecule has 0 saturated carbocycles. The molecule has 204 valence electrons. The van der Waals surface area contributed by atoms with E-state index in [4.69, 9.17) is 4.74 Å². The molecule has 0 saturated heterocycles. The van der Waals surface area contributed by atoms with E-state index in [1.165, 1.54) is 62.7 Å². The summed E-state index contributed by atoms with van der Waals surface area (Å²) < 4.78 is 87.4. The number of nitrogens with zero attached hydrogens (tertiary/aromatic N) is 1. The standard InChI is InChI=1S/C26H25F6N3O3/c1-33-24(36)23(16-5-8-18(27)9-6-16)35-19(10-3-15-4-12-22(34-14-15)26(30,31)32)17-7-11-20(38-25(28)29)21(13-17)37-2/h4-9,11-14,19,23,25,35H,3,10H2,1-2H3,(H,33,36)/t19-,23+/m0/s1. The van der Waals surface area contributed by atoms with Crippen molar-refractivity contribution in [3.63, 3.8) is 0 Å². The Hall–Kier alpha value is -3.80. The molecule has 0 radical (unpaired) electrons. The van der Waals surface area contributed by atoms with Crippen molar-refractivity contribution in [2.75, 3.05) is 14.2 Å². The molecule has 0 aliphatic rings. The average molecular weight is 541 g/mol. The van der Waals surface area contributed by atoms with Gasteiger partial charge in [-0.3, -0.25) is 15.1 Å². The summed E-state index contributed by atoms with van der Waals surface area (Å²) in [6.07, 6.45) is -2.93. The van der Waals surface area contributed by atoms with Crippen LogP contribution in [0.15, 0.2) is 60.8 Å². The number of halogens is 6. The van der Waals surface area contributed by atoms with Crippen LogP contribution in [-0.2, 0) is 17.4 Å². The van der Waals surface area contributed by atoms with E-state index in [-0.39, 0.29) is 24.3 Å². The zero-order valence-electron chi connectivity index (χ0n) is 20.4. The highest BCUT2D eigenvalue weighted by Gasteiger charge is 2.32. The molecule has 2 aromatic carbocycles. The number of carbonyl (C=O) groups excluding carboxylic acids is 1. The van der Waals surface area contributed by atoms with Crippen LogP contribution in [0.2, 0.25) is 0 Å². The maximum atomic E-state index is 13.5. The van der Waals surface area contributed by atoms with Crippen LogP contribution in [0, 0.1) is 5.82 Å². The van der Waals surface area contributed by atoms with Gasteiger partial charge >= 0.3 is 12.8 Å². The molecule has 3 rings (SSSR count). The van der Waals surface area contributed by atoms with Gasteiger partial charge in [0.15, 0.2) is 11.5 Å². The van der Waals surface area contributed by atoms with Crippen molar-refractivity contribution in [3.05, 3.63) is 89.0 Å².